The van der Waals surface area contributed by atoms with Crippen LogP contribution < -0.4 is 15.2 Å². The highest BCUT2D eigenvalue weighted by Crippen LogP contribution is 2.39. The molecule has 1 aliphatic heterocycles. The molecule has 0 fully saturated rings. The molecule has 5 heteroatoms. The lowest BCUT2D eigenvalue weighted by Gasteiger charge is -2.36. The van der Waals surface area contributed by atoms with Crippen molar-refractivity contribution >= 4 is 0 Å². The molecule has 0 aliphatic carbocycles. The molecule has 0 saturated carbocycles. The summed E-state index contributed by atoms with van der Waals surface area (Å²) in [6.07, 6.45) is 0.801. The monoisotopic (exact) mass is 281 g/mol. The lowest BCUT2D eigenvalue weighted by Crippen LogP contribution is -2.37. The molecule has 0 aromatic heterocycles. The topological polar surface area (TPSA) is 73.9 Å². The van der Waals surface area contributed by atoms with E-state index >= 15 is 0 Å². The Hall–Kier alpha value is -1.30. The van der Waals surface area contributed by atoms with Crippen LogP contribution in [0.3, 0.4) is 0 Å². The molecule has 112 valence electrons. The number of benzene rings is 1. The largest absolute Gasteiger partial charge is 0.491 e. The van der Waals surface area contributed by atoms with E-state index in [1.165, 1.54) is 0 Å². The molecule has 0 bridgehead atoms. The van der Waals surface area contributed by atoms with Crippen LogP contribution in [0.25, 0.3) is 0 Å². The van der Waals surface area contributed by atoms with E-state index in [0.717, 1.165) is 23.5 Å². The van der Waals surface area contributed by atoms with Gasteiger partial charge in [-0.05, 0) is 19.9 Å². The van der Waals surface area contributed by atoms with Gasteiger partial charge in [-0.25, -0.2) is 0 Å². The molecule has 1 aromatic rings. The highest BCUT2D eigenvalue weighted by molar-refractivity contribution is 5.44. The van der Waals surface area contributed by atoms with Crippen LogP contribution in [0.5, 0.6) is 11.5 Å². The summed E-state index contributed by atoms with van der Waals surface area (Å²) in [6.45, 7) is 5.31. The lowest BCUT2D eigenvalue weighted by molar-refractivity contribution is 0.0674. The summed E-state index contributed by atoms with van der Waals surface area (Å²) in [7, 11) is 0. The predicted molar refractivity (Wildman–Crippen MR) is 76.1 cm³/mol. The first-order chi connectivity index (χ1) is 9.52. The minimum atomic E-state index is -0.255. The van der Waals surface area contributed by atoms with Crippen molar-refractivity contribution in [2.24, 2.45) is 5.73 Å². The van der Waals surface area contributed by atoms with Gasteiger partial charge in [-0.3, -0.25) is 0 Å². The van der Waals surface area contributed by atoms with Gasteiger partial charge in [0.2, 0.25) is 0 Å². The average molecular weight is 281 g/mol. The Bertz CT molecular complexity index is 447. The molecule has 1 aliphatic rings. The van der Waals surface area contributed by atoms with Gasteiger partial charge in [-0.1, -0.05) is 6.07 Å². The van der Waals surface area contributed by atoms with Gasteiger partial charge in [0.1, 0.15) is 23.7 Å². The summed E-state index contributed by atoms with van der Waals surface area (Å²) >= 11 is 0. The van der Waals surface area contributed by atoms with E-state index in [1.807, 2.05) is 32.0 Å². The van der Waals surface area contributed by atoms with Crippen LogP contribution in [0.15, 0.2) is 18.2 Å². The standard InChI is InChI=1S/C15H23NO4/c1-15(2)10-13(16)12-4-3-11(9-14(12)20-15)19-8-7-18-6-5-17/h3-4,9,13,17H,5-8,10,16H2,1-2H3. The number of aliphatic hydroxyl groups is 1. The number of fused-ring (bicyclic) bond motifs is 1. The summed E-state index contributed by atoms with van der Waals surface area (Å²) in [5.41, 5.74) is 6.93. The van der Waals surface area contributed by atoms with E-state index in [9.17, 15) is 0 Å². The first-order valence-corrected chi connectivity index (χ1v) is 6.92. The first kappa shape index (κ1) is 15.1. The zero-order chi connectivity index (χ0) is 14.6. The van der Waals surface area contributed by atoms with Gasteiger partial charge >= 0.3 is 0 Å². The Kier molecular flexibility index (Phi) is 4.86. The van der Waals surface area contributed by atoms with Crippen LogP contribution in [0, 0.1) is 0 Å². The van der Waals surface area contributed by atoms with E-state index in [2.05, 4.69) is 0 Å². The van der Waals surface area contributed by atoms with Gasteiger partial charge in [0.25, 0.3) is 0 Å². The summed E-state index contributed by atoms with van der Waals surface area (Å²) in [6, 6.07) is 5.73. The van der Waals surface area contributed by atoms with Crippen LogP contribution >= 0.6 is 0 Å². The quantitative estimate of drug-likeness (QED) is 0.775. The van der Waals surface area contributed by atoms with E-state index in [4.69, 9.17) is 25.1 Å². The number of hydrogen-bond donors (Lipinski definition) is 2. The Labute approximate surface area is 119 Å². The van der Waals surface area contributed by atoms with Crippen LogP contribution in [-0.2, 0) is 4.74 Å². The van der Waals surface area contributed by atoms with Crippen molar-refractivity contribution in [3.8, 4) is 11.5 Å². The van der Waals surface area contributed by atoms with Crippen molar-refractivity contribution in [2.45, 2.75) is 31.9 Å². The number of nitrogens with two attached hydrogens (primary N) is 1. The van der Waals surface area contributed by atoms with Crippen LogP contribution in [0.4, 0.5) is 0 Å². The Morgan fingerprint density at radius 1 is 1.35 bits per heavy atom. The molecule has 2 rings (SSSR count). The van der Waals surface area contributed by atoms with Crippen LogP contribution in [0.2, 0.25) is 0 Å². The van der Waals surface area contributed by atoms with Gasteiger partial charge < -0.3 is 25.1 Å². The summed E-state index contributed by atoms with van der Waals surface area (Å²) in [5, 5.41) is 8.59. The van der Waals surface area contributed by atoms with E-state index < -0.39 is 0 Å². The summed E-state index contributed by atoms with van der Waals surface area (Å²) in [4.78, 5) is 0. The van der Waals surface area contributed by atoms with Gasteiger partial charge in [0.15, 0.2) is 0 Å². The van der Waals surface area contributed by atoms with Crippen molar-refractivity contribution in [1.29, 1.82) is 0 Å². The van der Waals surface area contributed by atoms with Crippen LogP contribution in [-0.4, -0.2) is 37.1 Å². The summed E-state index contributed by atoms with van der Waals surface area (Å²) < 4.78 is 16.7. The van der Waals surface area contributed by atoms with Gasteiger partial charge in [0.05, 0.1) is 19.8 Å². The third kappa shape index (κ3) is 3.85. The Morgan fingerprint density at radius 3 is 2.90 bits per heavy atom. The molecule has 20 heavy (non-hydrogen) atoms. The SMILES string of the molecule is CC1(C)CC(N)c2ccc(OCCOCCO)cc2O1. The fourth-order valence-electron chi connectivity index (χ4n) is 2.36. The van der Waals surface area contributed by atoms with Crippen molar-refractivity contribution in [3.05, 3.63) is 23.8 Å². The Morgan fingerprint density at radius 2 is 2.15 bits per heavy atom. The second kappa shape index (κ2) is 6.43. The fraction of sp³-hybridized carbons (Fsp3) is 0.600. The van der Waals surface area contributed by atoms with Crippen LogP contribution in [0.1, 0.15) is 31.9 Å². The maximum absolute atomic E-state index is 8.59. The highest BCUT2D eigenvalue weighted by atomic mass is 16.5. The first-order valence-electron chi connectivity index (χ1n) is 6.92. The second-order valence-corrected chi connectivity index (χ2v) is 5.56. The average Bonchev–Trinajstić information content (AvgIpc) is 2.36. The second-order valence-electron chi connectivity index (χ2n) is 5.56. The zero-order valence-electron chi connectivity index (χ0n) is 12.1. The van der Waals surface area contributed by atoms with E-state index in [1.54, 1.807) is 0 Å². The number of ether oxygens (including phenoxy) is 3. The third-order valence-electron chi connectivity index (χ3n) is 3.21. The normalized spacial score (nSPS) is 20.1. The van der Waals surface area contributed by atoms with Gasteiger partial charge in [0, 0.05) is 24.1 Å². The number of aliphatic hydroxyl groups excluding tert-OH is 1. The number of rotatable bonds is 6. The van der Waals surface area contributed by atoms with Gasteiger partial charge in [-0.2, -0.15) is 0 Å². The molecule has 1 atom stereocenters. The van der Waals surface area contributed by atoms with Gasteiger partial charge in [-0.15, -0.1) is 0 Å². The molecule has 0 saturated heterocycles. The minimum Gasteiger partial charge on any atom is -0.491 e. The molecule has 1 aromatic carbocycles. The number of hydrogen-bond acceptors (Lipinski definition) is 5. The molecule has 1 heterocycles. The maximum Gasteiger partial charge on any atom is 0.128 e. The fourth-order valence-corrected chi connectivity index (χ4v) is 2.36. The molecule has 0 spiro atoms. The highest BCUT2D eigenvalue weighted by Gasteiger charge is 2.31. The van der Waals surface area contributed by atoms with Crippen molar-refractivity contribution in [1.82, 2.24) is 0 Å². The summed E-state index contributed by atoms with van der Waals surface area (Å²) in [5.74, 6) is 1.53. The molecule has 1 unspecified atom stereocenters. The van der Waals surface area contributed by atoms with Crippen molar-refractivity contribution < 1.29 is 19.3 Å². The van der Waals surface area contributed by atoms with E-state index in [0.29, 0.717) is 19.8 Å². The molecule has 5 nitrogen and oxygen atoms in total. The Balaban J connectivity index is 1.97. The molecular weight excluding hydrogens is 258 g/mol. The molecule has 3 N–H and O–H groups in total. The van der Waals surface area contributed by atoms with Crippen molar-refractivity contribution in [3.63, 3.8) is 0 Å². The smallest absolute Gasteiger partial charge is 0.128 e. The lowest BCUT2D eigenvalue weighted by atomic mass is 9.90. The molecule has 0 radical (unpaired) electrons. The van der Waals surface area contributed by atoms with E-state index in [-0.39, 0.29) is 18.2 Å². The molecular formula is C15H23NO4. The predicted octanol–water partition coefficient (Wildman–Crippen LogP) is 1.64. The zero-order valence-corrected chi connectivity index (χ0v) is 12.1. The molecule has 0 amide bonds. The minimum absolute atomic E-state index is 0.00399. The van der Waals surface area contributed by atoms with Crippen molar-refractivity contribution in [2.75, 3.05) is 26.4 Å². The third-order valence-corrected chi connectivity index (χ3v) is 3.21. The maximum atomic E-state index is 8.59.